The number of benzene rings is 1. The summed E-state index contributed by atoms with van der Waals surface area (Å²) in [5.74, 6) is 13.2. The number of fused-ring (bicyclic) bond motifs is 7. The van der Waals surface area contributed by atoms with Crippen LogP contribution < -0.4 is 9.47 Å². The van der Waals surface area contributed by atoms with Crippen LogP contribution in [-0.2, 0) is 16.6 Å². The van der Waals surface area contributed by atoms with Crippen LogP contribution in [-0.4, -0.2) is 8.75 Å². The van der Waals surface area contributed by atoms with Crippen molar-refractivity contribution in [3.8, 4) is 63.7 Å². The third-order valence-electron chi connectivity index (χ3n) is 19.2. The smallest absolute Gasteiger partial charge is 0.140 e. The van der Waals surface area contributed by atoms with E-state index in [0.717, 1.165) is 84.7 Å². The molecule has 5 aromatic heterocycles. The Kier molecular flexibility index (Phi) is 35.0. The van der Waals surface area contributed by atoms with E-state index in [0.29, 0.717) is 29.6 Å². The molecule has 6 aromatic rings. The maximum atomic E-state index is 7.77. The van der Waals surface area contributed by atoms with E-state index in [1.807, 2.05) is 66.1 Å². The second kappa shape index (κ2) is 39.7. The maximum absolute atomic E-state index is 7.77. The van der Waals surface area contributed by atoms with Gasteiger partial charge in [-0.2, -0.15) is 8.75 Å². The second-order valence-electron chi connectivity index (χ2n) is 29.1. The summed E-state index contributed by atoms with van der Waals surface area (Å²) in [6.07, 6.45) is 26.7. The molecule has 91 heavy (non-hydrogen) atoms. The van der Waals surface area contributed by atoms with Gasteiger partial charge in [-0.1, -0.05) is 228 Å². The van der Waals surface area contributed by atoms with Crippen molar-refractivity contribution in [1.82, 2.24) is 8.75 Å². The molecule has 0 saturated carbocycles. The molecule has 8 rings (SSSR count). The molecule has 4 nitrogen and oxygen atoms in total. The number of nitrogens with zero attached hydrogens (tertiary/aromatic N) is 2. The molecular weight excluding hydrogens is 1210 g/mol. The van der Waals surface area contributed by atoms with Gasteiger partial charge in [0, 0.05) is 49.2 Å². The third-order valence-corrected chi connectivity index (χ3v) is 24.7. The molecule has 0 aliphatic carbocycles. The van der Waals surface area contributed by atoms with Crippen molar-refractivity contribution in [1.29, 1.82) is 0 Å². The molecule has 3 radical (unpaired) electrons. The summed E-state index contributed by atoms with van der Waals surface area (Å²) >= 11 is 9.17. The molecule has 2 aliphatic rings. The highest BCUT2D eigenvalue weighted by molar-refractivity contribution is 7.25. The van der Waals surface area contributed by atoms with Crippen LogP contribution in [0.3, 0.4) is 0 Å². The highest BCUT2D eigenvalue weighted by Crippen LogP contribution is 2.61. The van der Waals surface area contributed by atoms with E-state index in [4.69, 9.17) is 18.2 Å². The number of rotatable bonds is 33. The van der Waals surface area contributed by atoms with Gasteiger partial charge in [0.2, 0.25) is 0 Å². The largest absolute Gasteiger partial charge is 0.481 e. The summed E-state index contributed by atoms with van der Waals surface area (Å²) in [6.45, 7) is 60.1. The van der Waals surface area contributed by atoms with Crippen LogP contribution in [0.2, 0.25) is 0 Å². The Hall–Kier alpha value is -3.26. The SMILES string of the molecule is C=C.CC.CCC(C)(CC)c1cc2c(s1)-c1sc(-c3ccc(-c4cc5c(s4)-c4sccc4OC5(CCC(C)CCCC(C)C)CCC(C)CCCC(C)C)c4nsnc34)cc1C(CCC(C)CCCC(C)C)(CCC(C)CCCC(C)C)O2.[CH2]C#CC.[CH2]C([CH2])C. The van der Waals surface area contributed by atoms with Gasteiger partial charge >= 0.3 is 0 Å². The minimum atomic E-state index is -0.384. The van der Waals surface area contributed by atoms with E-state index in [9.17, 15) is 0 Å². The maximum Gasteiger partial charge on any atom is 0.140 e. The number of hydrogen-bond donors (Lipinski definition) is 0. The van der Waals surface area contributed by atoms with Gasteiger partial charge in [0.25, 0.3) is 0 Å². The van der Waals surface area contributed by atoms with Gasteiger partial charge in [-0.25, -0.2) is 0 Å². The summed E-state index contributed by atoms with van der Waals surface area (Å²) in [4.78, 5) is 9.51. The van der Waals surface area contributed by atoms with Gasteiger partial charge in [-0.3, -0.25) is 0 Å². The van der Waals surface area contributed by atoms with Gasteiger partial charge in [-0.05, 0) is 154 Å². The molecule has 7 heterocycles. The molecule has 1 aromatic carbocycles. The van der Waals surface area contributed by atoms with Crippen molar-refractivity contribution in [2.45, 2.75) is 289 Å². The molecule has 0 bridgehead atoms. The minimum Gasteiger partial charge on any atom is -0.481 e. The highest BCUT2D eigenvalue weighted by atomic mass is 32.1. The monoisotopic (exact) mass is 1330 g/mol. The molecule has 0 saturated heterocycles. The van der Waals surface area contributed by atoms with Crippen LogP contribution in [0.25, 0.3) is 51.4 Å². The average Bonchev–Trinajstić information content (AvgIpc) is 1.60. The zero-order chi connectivity index (χ0) is 67.6. The van der Waals surface area contributed by atoms with Crippen molar-refractivity contribution < 1.29 is 9.47 Å². The van der Waals surface area contributed by atoms with E-state index in [1.54, 1.807) is 6.92 Å². The number of ether oxygens (including phenoxy) is 2. The predicted octanol–water partition coefficient (Wildman–Crippen LogP) is 28.8. The highest BCUT2D eigenvalue weighted by Gasteiger charge is 2.46. The lowest BCUT2D eigenvalue weighted by atomic mass is 9.78. The van der Waals surface area contributed by atoms with Gasteiger partial charge in [0.05, 0.1) is 31.2 Å². The molecule has 2 aliphatic heterocycles. The van der Waals surface area contributed by atoms with E-state index < -0.39 is 0 Å². The predicted molar refractivity (Wildman–Crippen MR) is 413 cm³/mol. The molecule has 0 fully saturated rings. The first-order valence-corrected chi connectivity index (χ1v) is 40.0. The topological polar surface area (TPSA) is 44.2 Å². The first-order valence-electron chi connectivity index (χ1n) is 35.9. The van der Waals surface area contributed by atoms with Gasteiger partial charge in [0.15, 0.2) is 0 Å². The van der Waals surface area contributed by atoms with Crippen LogP contribution in [0, 0.1) is 85.9 Å². The summed E-state index contributed by atoms with van der Waals surface area (Å²) in [7, 11) is 0. The lowest BCUT2D eigenvalue weighted by Gasteiger charge is -2.39. The fourth-order valence-corrected chi connectivity index (χ4v) is 18.5. The zero-order valence-corrected chi connectivity index (χ0v) is 65.2. The van der Waals surface area contributed by atoms with Crippen molar-refractivity contribution in [2.75, 3.05) is 0 Å². The molecular formula is C82H127N2O2S5. The fourth-order valence-electron chi connectivity index (χ4n) is 12.9. The van der Waals surface area contributed by atoms with E-state index in [-0.39, 0.29) is 16.6 Å². The molecule has 0 spiro atoms. The van der Waals surface area contributed by atoms with Gasteiger partial charge in [0.1, 0.15) is 33.7 Å². The van der Waals surface area contributed by atoms with Gasteiger partial charge in [-0.15, -0.1) is 70.3 Å². The van der Waals surface area contributed by atoms with Crippen molar-refractivity contribution in [3.05, 3.63) is 91.7 Å². The van der Waals surface area contributed by atoms with E-state index in [2.05, 4.69) is 191 Å². The average molecular weight is 1330 g/mol. The van der Waals surface area contributed by atoms with Crippen molar-refractivity contribution in [2.24, 2.45) is 53.3 Å². The van der Waals surface area contributed by atoms with Crippen molar-refractivity contribution >= 4 is 68.1 Å². The summed E-state index contributed by atoms with van der Waals surface area (Å²) in [5.41, 5.74) is 6.66. The number of aromatic nitrogens is 2. The van der Waals surface area contributed by atoms with E-state index >= 15 is 0 Å². The second-order valence-corrected chi connectivity index (χ2v) is 33.7. The number of thiophene rings is 4. The molecule has 9 heteroatoms. The number of hydrogen-bond acceptors (Lipinski definition) is 9. The molecule has 4 unspecified atom stereocenters. The molecule has 0 amide bonds. The molecule has 4 atom stereocenters. The Morgan fingerprint density at radius 2 is 0.857 bits per heavy atom. The van der Waals surface area contributed by atoms with Crippen LogP contribution in [0.1, 0.15) is 289 Å². The normalized spacial score (nSPS) is 16.9. The quantitative estimate of drug-likeness (QED) is 0.0304. The standard InChI is InChI=1S/C70H104N2O2S5.C4H8.C4H5.C2H6.C2H4/c1-16-68(15,17-2)61-44-58-67(78-61)65-56(70(74-58,39-34-51(13)28-20-24-47(7)8)40-35-52(14)29-21-25-48(9)10)43-60(77-65)54-31-30-53(62-63(54)72-79-71-62)59-42-55-64(76-59)66-57(36-41-75-66)73-69(55,37-32-49(11)26-18-22-45(3)4)38-33-50(12)27-19-23-46(5)6;1-4(2)3;1-3-4-2;2*1-2/h30-31,36,41-52H,16-29,32-35,37-40H2,1-15H3;4H,1-2H2,3H3;1H2,2H3;1-2H3;1-2H2. The van der Waals surface area contributed by atoms with Crippen LogP contribution in [0.4, 0.5) is 0 Å². The van der Waals surface area contributed by atoms with Crippen LogP contribution in [0.5, 0.6) is 11.5 Å². The fraction of sp³-hybridized carbons (Fsp3) is 0.646. The summed E-state index contributed by atoms with van der Waals surface area (Å²) < 4.78 is 25.7. The Balaban J connectivity index is 0.00000136. The Morgan fingerprint density at radius 1 is 0.505 bits per heavy atom. The lowest BCUT2D eigenvalue weighted by molar-refractivity contribution is 0.0321. The van der Waals surface area contributed by atoms with Crippen LogP contribution >= 0.6 is 57.1 Å². The molecule has 0 N–H and O–H groups in total. The third kappa shape index (κ3) is 23.0. The van der Waals surface area contributed by atoms with E-state index in [1.165, 1.54) is 171 Å². The molecule has 507 valence electrons. The Bertz CT molecular complexity index is 2990. The summed E-state index contributed by atoms with van der Waals surface area (Å²) in [5, 5.41) is 2.25. The first-order chi connectivity index (χ1) is 43.4. The van der Waals surface area contributed by atoms with Gasteiger partial charge < -0.3 is 9.47 Å². The van der Waals surface area contributed by atoms with Crippen LogP contribution in [0.15, 0.2) is 54.9 Å². The zero-order valence-electron chi connectivity index (χ0n) is 61.1. The van der Waals surface area contributed by atoms with Crippen molar-refractivity contribution in [3.63, 3.8) is 0 Å². The lowest BCUT2D eigenvalue weighted by Crippen LogP contribution is -2.36. The Labute approximate surface area is 580 Å². The first kappa shape index (κ1) is 80.2. The Morgan fingerprint density at radius 3 is 1.20 bits per heavy atom. The summed E-state index contributed by atoms with van der Waals surface area (Å²) in [6, 6.07) is 14.6. The minimum absolute atomic E-state index is 0.118.